The molecule has 15 heavy (non-hydrogen) atoms. The maximum absolute atomic E-state index is 9.34. The molecule has 5 heteroatoms. The lowest BCUT2D eigenvalue weighted by molar-refractivity contribution is -0.742. The molecular formula is C10H15NO4. The van der Waals surface area contributed by atoms with Crippen molar-refractivity contribution in [3.05, 3.63) is 39.9 Å². The van der Waals surface area contributed by atoms with Crippen LogP contribution in [0.25, 0.3) is 0 Å². The monoisotopic (exact) mass is 213 g/mol. The molecule has 1 aromatic rings. The fourth-order valence-corrected chi connectivity index (χ4v) is 1.09. The number of hydrogen-bond donors (Lipinski definition) is 2. The van der Waals surface area contributed by atoms with Crippen molar-refractivity contribution < 1.29 is 15.4 Å². The Hall–Kier alpha value is -1.78. The Morgan fingerprint density at radius 3 is 2.40 bits per heavy atom. The number of nitrogens with zero attached hydrogens (tertiary/aromatic N) is 1. The van der Waals surface area contributed by atoms with Crippen molar-refractivity contribution in [2.45, 2.75) is 26.2 Å². The number of phenolic OH excluding ortho intramolecular Hbond substituents is 1. The summed E-state index contributed by atoms with van der Waals surface area (Å²) in [6, 6.07) is 7.53. The van der Waals surface area contributed by atoms with Gasteiger partial charge < -0.3 is 10.3 Å². The molecule has 1 aromatic carbocycles. The molecule has 0 amide bonds. The van der Waals surface area contributed by atoms with E-state index in [1.54, 1.807) is 6.07 Å². The number of unbranched alkanes of at least 4 members (excludes halogenated alkanes) is 1. The van der Waals surface area contributed by atoms with E-state index < -0.39 is 5.09 Å². The summed E-state index contributed by atoms with van der Waals surface area (Å²) in [7, 11) is 0. The number of hydrogen-bond acceptors (Lipinski definition) is 3. The van der Waals surface area contributed by atoms with E-state index >= 15 is 0 Å². The van der Waals surface area contributed by atoms with Gasteiger partial charge in [0.25, 0.3) is 5.09 Å². The lowest BCUT2D eigenvalue weighted by atomic mass is 10.1. The van der Waals surface area contributed by atoms with Crippen molar-refractivity contribution >= 4 is 0 Å². The SMILES string of the molecule is CCCCc1ccccc1O.O=[N+]([O-])O. The summed E-state index contributed by atoms with van der Waals surface area (Å²) in [6.07, 6.45) is 3.31. The van der Waals surface area contributed by atoms with Gasteiger partial charge in [0.05, 0.1) is 0 Å². The first-order valence-electron chi connectivity index (χ1n) is 4.68. The van der Waals surface area contributed by atoms with Gasteiger partial charge in [-0.15, -0.1) is 10.1 Å². The molecule has 0 bridgehead atoms. The number of aryl methyl sites for hydroxylation is 1. The number of rotatable bonds is 3. The zero-order valence-electron chi connectivity index (χ0n) is 8.59. The van der Waals surface area contributed by atoms with E-state index in [1.807, 2.05) is 18.2 Å². The van der Waals surface area contributed by atoms with Crippen molar-refractivity contribution in [2.24, 2.45) is 0 Å². The molecule has 2 N–H and O–H groups in total. The van der Waals surface area contributed by atoms with Crippen LogP contribution in [-0.4, -0.2) is 15.4 Å². The van der Waals surface area contributed by atoms with E-state index in [2.05, 4.69) is 6.92 Å². The maximum atomic E-state index is 9.34. The quantitative estimate of drug-likeness (QED) is 0.596. The predicted octanol–water partition coefficient (Wildman–Crippen LogP) is 2.39. The van der Waals surface area contributed by atoms with Gasteiger partial charge in [-0.3, -0.25) is 0 Å². The topological polar surface area (TPSA) is 83.6 Å². The van der Waals surface area contributed by atoms with Crippen molar-refractivity contribution in [2.75, 3.05) is 0 Å². The van der Waals surface area contributed by atoms with Crippen molar-refractivity contribution in [3.8, 4) is 5.75 Å². The molecule has 0 aliphatic carbocycles. The van der Waals surface area contributed by atoms with Crippen molar-refractivity contribution in [1.29, 1.82) is 0 Å². The lowest BCUT2D eigenvalue weighted by Gasteiger charge is -2.01. The molecule has 0 aliphatic heterocycles. The van der Waals surface area contributed by atoms with Crippen LogP contribution in [0.3, 0.4) is 0 Å². The third-order valence-electron chi connectivity index (χ3n) is 1.79. The van der Waals surface area contributed by atoms with Crippen molar-refractivity contribution in [3.63, 3.8) is 0 Å². The van der Waals surface area contributed by atoms with Gasteiger partial charge in [0, 0.05) is 0 Å². The van der Waals surface area contributed by atoms with E-state index in [-0.39, 0.29) is 0 Å². The highest BCUT2D eigenvalue weighted by Gasteiger charge is 1.96. The van der Waals surface area contributed by atoms with Crippen molar-refractivity contribution in [1.82, 2.24) is 0 Å². The first-order chi connectivity index (χ1) is 7.07. The maximum Gasteiger partial charge on any atom is 0.291 e. The van der Waals surface area contributed by atoms with Crippen LogP contribution in [0, 0.1) is 10.1 Å². The average Bonchev–Trinajstić information content (AvgIpc) is 2.16. The first-order valence-corrected chi connectivity index (χ1v) is 4.68. The van der Waals surface area contributed by atoms with Crippen LogP contribution in [-0.2, 0) is 6.42 Å². The van der Waals surface area contributed by atoms with Gasteiger partial charge in [0.1, 0.15) is 5.75 Å². The second-order valence-electron chi connectivity index (χ2n) is 2.97. The second-order valence-corrected chi connectivity index (χ2v) is 2.97. The summed E-state index contributed by atoms with van der Waals surface area (Å²) in [5.41, 5.74) is 1.06. The third kappa shape index (κ3) is 7.30. The Morgan fingerprint density at radius 2 is 1.93 bits per heavy atom. The highest BCUT2D eigenvalue weighted by Crippen LogP contribution is 2.17. The van der Waals surface area contributed by atoms with E-state index in [0.29, 0.717) is 5.75 Å². The Labute approximate surface area is 88.1 Å². The third-order valence-corrected chi connectivity index (χ3v) is 1.79. The minimum absolute atomic E-state index is 0.431. The standard InChI is InChI=1S/C10H14O.HNO3/c1-2-3-6-9-7-4-5-8-10(9)11;2-1(3)4/h4-5,7-8,11H,2-3,6H2,1H3;(H,2,3,4). The molecule has 1 rings (SSSR count). The Balaban J connectivity index is 0.000000423. The second kappa shape index (κ2) is 7.61. The molecule has 0 atom stereocenters. The smallest absolute Gasteiger partial charge is 0.291 e. The molecule has 5 nitrogen and oxygen atoms in total. The number of para-hydroxylation sites is 1. The lowest BCUT2D eigenvalue weighted by Crippen LogP contribution is -1.83. The first kappa shape index (κ1) is 13.2. The predicted molar refractivity (Wildman–Crippen MR) is 55.5 cm³/mol. The summed E-state index contributed by atoms with van der Waals surface area (Å²) in [4.78, 5) is 8.36. The normalized spacial score (nSPS) is 8.87. The fourth-order valence-electron chi connectivity index (χ4n) is 1.09. The van der Waals surface area contributed by atoms with Crippen LogP contribution >= 0.6 is 0 Å². The summed E-state index contributed by atoms with van der Waals surface area (Å²) < 4.78 is 0. The molecule has 0 aliphatic rings. The number of phenols is 1. The Bertz CT molecular complexity index is 297. The van der Waals surface area contributed by atoms with Crippen LogP contribution in [0.4, 0.5) is 0 Å². The van der Waals surface area contributed by atoms with Gasteiger partial charge in [-0.1, -0.05) is 31.5 Å². The van der Waals surface area contributed by atoms with E-state index in [0.717, 1.165) is 18.4 Å². The minimum atomic E-state index is -1.50. The zero-order chi connectivity index (χ0) is 11.7. The van der Waals surface area contributed by atoms with Gasteiger partial charge in [0.15, 0.2) is 0 Å². The van der Waals surface area contributed by atoms with Gasteiger partial charge in [-0.25, -0.2) is 0 Å². The average molecular weight is 213 g/mol. The summed E-state index contributed by atoms with van der Waals surface area (Å²) >= 11 is 0. The van der Waals surface area contributed by atoms with Crippen LogP contribution in [0.5, 0.6) is 5.75 Å². The Kier molecular flexibility index (Phi) is 6.70. The van der Waals surface area contributed by atoms with Gasteiger partial charge in [0.2, 0.25) is 0 Å². The number of benzene rings is 1. The molecule has 0 heterocycles. The summed E-state index contributed by atoms with van der Waals surface area (Å²) in [5, 5.41) is 23.0. The molecular weight excluding hydrogens is 198 g/mol. The zero-order valence-corrected chi connectivity index (χ0v) is 8.59. The largest absolute Gasteiger partial charge is 0.508 e. The highest BCUT2D eigenvalue weighted by atomic mass is 16.9. The van der Waals surface area contributed by atoms with Gasteiger partial charge >= 0.3 is 0 Å². The molecule has 0 spiro atoms. The number of aromatic hydroxyl groups is 1. The Morgan fingerprint density at radius 1 is 1.40 bits per heavy atom. The molecule has 0 fully saturated rings. The van der Waals surface area contributed by atoms with E-state index in [1.165, 1.54) is 6.42 Å². The van der Waals surface area contributed by atoms with E-state index in [9.17, 15) is 5.11 Å². The fraction of sp³-hybridized carbons (Fsp3) is 0.400. The molecule has 0 unspecified atom stereocenters. The highest BCUT2D eigenvalue weighted by molar-refractivity contribution is 5.31. The molecule has 0 saturated carbocycles. The van der Waals surface area contributed by atoms with Crippen LogP contribution in [0.1, 0.15) is 25.3 Å². The van der Waals surface area contributed by atoms with Crippen LogP contribution < -0.4 is 0 Å². The molecule has 84 valence electrons. The van der Waals surface area contributed by atoms with E-state index in [4.69, 9.17) is 15.3 Å². The van der Waals surface area contributed by atoms with Gasteiger partial charge in [-0.05, 0) is 24.5 Å². The summed E-state index contributed by atoms with van der Waals surface area (Å²) in [6.45, 7) is 2.15. The summed E-state index contributed by atoms with van der Waals surface area (Å²) in [5.74, 6) is 0.431. The molecule has 0 saturated heterocycles. The van der Waals surface area contributed by atoms with Gasteiger partial charge in [-0.2, -0.15) is 0 Å². The van der Waals surface area contributed by atoms with Crippen LogP contribution in [0.2, 0.25) is 0 Å². The molecule has 0 radical (unpaired) electrons. The minimum Gasteiger partial charge on any atom is -0.508 e. The molecule has 0 aromatic heterocycles. The van der Waals surface area contributed by atoms with Crippen LogP contribution in [0.15, 0.2) is 24.3 Å².